The van der Waals surface area contributed by atoms with E-state index in [1.165, 1.54) is 12.8 Å². The molecule has 0 spiro atoms. The van der Waals surface area contributed by atoms with Gasteiger partial charge in [-0.15, -0.1) is 0 Å². The summed E-state index contributed by atoms with van der Waals surface area (Å²) in [5.74, 6) is 0.969. The van der Waals surface area contributed by atoms with Gasteiger partial charge in [-0.1, -0.05) is 6.92 Å². The van der Waals surface area contributed by atoms with Crippen LogP contribution in [0.25, 0.3) is 0 Å². The predicted molar refractivity (Wildman–Crippen MR) is 69.0 cm³/mol. The van der Waals surface area contributed by atoms with Crippen LogP contribution in [-0.4, -0.2) is 50.2 Å². The van der Waals surface area contributed by atoms with Gasteiger partial charge in [0.2, 0.25) is 5.91 Å². The van der Waals surface area contributed by atoms with Crippen molar-refractivity contribution in [3.05, 3.63) is 0 Å². The first-order valence-corrected chi connectivity index (χ1v) is 6.79. The Morgan fingerprint density at radius 1 is 1.41 bits per heavy atom. The quantitative estimate of drug-likeness (QED) is 0.683. The number of amides is 1. The number of hydrogen-bond acceptors (Lipinski definition) is 3. The van der Waals surface area contributed by atoms with E-state index in [0.717, 1.165) is 45.2 Å². The van der Waals surface area contributed by atoms with Crippen molar-refractivity contribution in [2.24, 2.45) is 5.92 Å². The Hall–Kier alpha value is -0.610. The summed E-state index contributed by atoms with van der Waals surface area (Å²) in [5, 5.41) is 2.94. The zero-order valence-electron chi connectivity index (χ0n) is 11.2. The second-order valence-electron chi connectivity index (χ2n) is 4.86. The van der Waals surface area contributed by atoms with Crippen molar-refractivity contribution < 1.29 is 9.53 Å². The fourth-order valence-corrected chi connectivity index (χ4v) is 2.03. The molecule has 4 heteroatoms. The smallest absolute Gasteiger partial charge is 0.234 e. The first-order valence-electron chi connectivity index (χ1n) is 6.79. The molecule has 0 aromatic carbocycles. The zero-order chi connectivity index (χ0) is 12.5. The van der Waals surface area contributed by atoms with Gasteiger partial charge < -0.3 is 10.1 Å². The summed E-state index contributed by atoms with van der Waals surface area (Å²) in [5.41, 5.74) is 0. The molecule has 100 valence electrons. The van der Waals surface area contributed by atoms with Crippen LogP contribution in [0.15, 0.2) is 0 Å². The molecule has 0 unspecified atom stereocenters. The van der Waals surface area contributed by atoms with E-state index in [1.54, 1.807) is 0 Å². The highest BCUT2D eigenvalue weighted by Crippen LogP contribution is 2.15. The number of nitrogens with zero attached hydrogens (tertiary/aromatic N) is 1. The molecule has 1 heterocycles. The van der Waals surface area contributed by atoms with Gasteiger partial charge in [-0.3, -0.25) is 9.69 Å². The van der Waals surface area contributed by atoms with Crippen LogP contribution in [-0.2, 0) is 9.53 Å². The minimum absolute atomic E-state index is 0.149. The van der Waals surface area contributed by atoms with E-state index >= 15 is 0 Å². The minimum atomic E-state index is 0.149. The first-order chi connectivity index (χ1) is 8.22. The van der Waals surface area contributed by atoms with Gasteiger partial charge in [0, 0.05) is 19.8 Å². The van der Waals surface area contributed by atoms with Gasteiger partial charge in [0.1, 0.15) is 0 Å². The third-order valence-electron chi connectivity index (χ3n) is 3.24. The lowest BCUT2D eigenvalue weighted by Gasteiger charge is -2.29. The van der Waals surface area contributed by atoms with Crippen LogP contribution in [0.5, 0.6) is 0 Å². The van der Waals surface area contributed by atoms with Crippen molar-refractivity contribution >= 4 is 5.91 Å². The molecule has 0 radical (unpaired) electrons. The lowest BCUT2D eigenvalue weighted by atomic mass is 9.99. The van der Waals surface area contributed by atoms with E-state index < -0.39 is 0 Å². The molecule has 0 aliphatic carbocycles. The molecule has 1 fully saturated rings. The molecule has 1 amide bonds. The predicted octanol–water partition coefficient (Wildman–Crippen LogP) is 1.26. The maximum absolute atomic E-state index is 11.6. The Labute approximate surface area is 105 Å². The summed E-state index contributed by atoms with van der Waals surface area (Å²) in [7, 11) is 0. The molecule has 17 heavy (non-hydrogen) atoms. The number of ether oxygens (including phenoxy) is 1. The normalized spacial score (nSPS) is 18.2. The maximum atomic E-state index is 11.6. The second-order valence-corrected chi connectivity index (χ2v) is 4.86. The molecule has 0 bridgehead atoms. The molecule has 1 rings (SSSR count). The number of hydrogen-bond donors (Lipinski definition) is 1. The molecule has 1 aliphatic rings. The van der Waals surface area contributed by atoms with Crippen molar-refractivity contribution in [2.45, 2.75) is 33.1 Å². The van der Waals surface area contributed by atoms with Crippen molar-refractivity contribution in [1.82, 2.24) is 10.2 Å². The van der Waals surface area contributed by atoms with Crippen molar-refractivity contribution in [3.63, 3.8) is 0 Å². The van der Waals surface area contributed by atoms with Gasteiger partial charge in [0.05, 0.1) is 6.54 Å². The van der Waals surface area contributed by atoms with Crippen molar-refractivity contribution in [2.75, 3.05) is 39.4 Å². The molecular weight excluding hydrogens is 216 g/mol. The van der Waals surface area contributed by atoms with Gasteiger partial charge in [0.15, 0.2) is 0 Å². The third-order valence-corrected chi connectivity index (χ3v) is 3.24. The van der Waals surface area contributed by atoms with E-state index in [9.17, 15) is 4.79 Å². The highest BCUT2D eigenvalue weighted by Gasteiger charge is 2.17. The fraction of sp³-hybridized carbons (Fsp3) is 0.923. The molecule has 0 aromatic rings. The number of rotatable bonds is 7. The first kappa shape index (κ1) is 14.5. The minimum Gasteiger partial charge on any atom is -0.382 e. The van der Waals surface area contributed by atoms with Crippen LogP contribution in [0, 0.1) is 5.92 Å². The summed E-state index contributed by atoms with van der Waals surface area (Å²) in [6.07, 6.45) is 3.34. The van der Waals surface area contributed by atoms with Crippen LogP contribution >= 0.6 is 0 Å². The van der Waals surface area contributed by atoms with E-state index in [4.69, 9.17) is 4.74 Å². The highest BCUT2D eigenvalue weighted by molar-refractivity contribution is 5.77. The Morgan fingerprint density at radius 3 is 2.76 bits per heavy atom. The maximum Gasteiger partial charge on any atom is 0.234 e. The van der Waals surface area contributed by atoms with Crippen molar-refractivity contribution in [1.29, 1.82) is 0 Å². The number of piperidine rings is 1. The fourth-order valence-electron chi connectivity index (χ4n) is 2.03. The average molecular weight is 242 g/mol. The van der Waals surface area contributed by atoms with Gasteiger partial charge in [-0.05, 0) is 45.2 Å². The van der Waals surface area contributed by atoms with Gasteiger partial charge in [-0.2, -0.15) is 0 Å². The summed E-state index contributed by atoms with van der Waals surface area (Å²) in [4.78, 5) is 13.9. The van der Waals surface area contributed by atoms with E-state index in [-0.39, 0.29) is 5.91 Å². The van der Waals surface area contributed by atoms with Crippen LogP contribution in [0.4, 0.5) is 0 Å². The Bertz CT molecular complexity index is 213. The van der Waals surface area contributed by atoms with Crippen LogP contribution in [0.3, 0.4) is 0 Å². The summed E-state index contributed by atoms with van der Waals surface area (Å²) in [6.45, 7) is 9.16. The summed E-state index contributed by atoms with van der Waals surface area (Å²) >= 11 is 0. The monoisotopic (exact) mass is 242 g/mol. The molecule has 1 N–H and O–H groups in total. The molecule has 1 saturated heterocycles. The van der Waals surface area contributed by atoms with E-state index in [0.29, 0.717) is 6.54 Å². The molecule has 1 aliphatic heterocycles. The number of carbonyl (C=O) groups excluding carboxylic acids is 1. The van der Waals surface area contributed by atoms with Gasteiger partial charge in [0.25, 0.3) is 0 Å². The number of nitrogens with one attached hydrogen (secondary N) is 1. The van der Waals surface area contributed by atoms with Gasteiger partial charge >= 0.3 is 0 Å². The molecular formula is C13H26N2O2. The second kappa shape index (κ2) is 8.48. The highest BCUT2D eigenvalue weighted by atomic mass is 16.5. The zero-order valence-corrected chi connectivity index (χ0v) is 11.2. The van der Waals surface area contributed by atoms with E-state index in [1.807, 2.05) is 6.92 Å². The Kier molecular flexibility index (Phi) is 7.21. The van der Waals surface area contributed by atoms with Gasteiger partial charge in [-0.25, -0.2) is 0 Å². The molecule has 0 saturated carbocycles. The standard InChI is InChI=1S/C13H26N2O2/c1-3-17-10-4-7-14-13(16)11-15-8-5-12(2)6-9-15/h12H,3-11H2,1-2H3,(H,14,16). The Morgan fingerprint density at radius 2 is 2.12 bits per heavy atom. The molecule has 4 nitrogen and oxygen atoms in total. The lowest BCUT2D eigenvalue weighted by molar-refractivity contribution is -0.122. The van der Waals surface area contributed by atoms with E-state index in [2.05, 4.69) is 17.1 Å². The Balaban J connectivity index is 2.00. The number of carbonyl (C=O) groups is 1. The largest absolute Gasteiger partial charge is 0.382 e. The SMILES string of the molecule is CCOCCCNC(=O)CN1CCC(C)CC1. The summed E-state index contributed by atoms with van der Waals surface area (Å²) in [6, 6.07) is 0. The van der Waals surface area contributed by atoms with Crippen molar-refractivity contribution in [3.8, 4) is 0 Å². The average Bonchev–Trinajstić information content (AvgIpc) is 2.32. The third kappa shape index (κ3) is 6.64. The summed E-state index contributed by atoms with van der Waals surface area (Å²) < 4.78 is 5.22. The van der Waals surface area contributed by atoms with Crippen LogP contribution in [0.1, 0.15) is 33.1 Å². The number of likely N-dealkylation sites (tertiary alicyclic amines) is 1. The lowest BCUT2D eigenvalue weighted by Crippen LogP contribution is -2.41. The van der Waals surface area contributed by atoms with Crippen LogP contribution in [0.2, 0.25) is 0 Å². The molecule has 0 aromatic heterocycles. The molecule has 0 atom stereocenters. The topological polar surface area (TPSA) is 41.6 Å². The van der Waals surface area contributed by atoms with Crippen LogP contribution < -0.4 is 5.32 Å².